The van der Waals surface area contributed by atoms with Gasteiger partial charge in [0.25, 0.3) is 0 Å². The number of ether oxygens (including phenoxy) is 2. The van der Waals surface area contributed by atoms with E-state index in [1.165, 1.54) is 5.56 Å². The lowest BCUT2D eigenvalue weighted by Crippen LogP contribution is -2.42. The van der Waals surface area contributed by atoms with Crippen LogP contribution in [-0.2, 0) is 20.7 Å². The van der Waals surface area contributed by atoms with Gasteiger partial charge in [-0.25, -0.2) is 0 Å². The lowest BCUT2D eigenvalue weighted by Gasteiger charge is -2.28. The average molecular weight is 366 g/mol. The Labute approximate surface area is 160 Å². The second kappa shape index (κ2) is 7.79. The van der Waals surface area contributed by atoms with E-state index < -0.39 is 0 Å². The summed E-state index contributed by atoms with van der Waals surface area (Å²) in [6.07, 6.45) is 5.58. The molecule has 2 fully saturated rings. The molecule has 2 aliphatic heterocycles. The number of carbonyl (C=O) groups excluding carboxylic acids is 1. The molecule has 27 heavy (non-hydrogen) atoms. The highest BCUT2D eigenvalue weighted by molar-refractivity contribution is 5.77. The summed E-state index contributed by atoms with van der Waals surface area (Å²) in [5.74, 6) is 0.513. The van der Waals surface area contributed by atoms with Crippen LogP contribution in [0.4, 0.5) is 0 Å². The third kappa shape index (κ3) is 3.75. The Morgan fingerprint density at radius 3 is 2.89 bits per heavy atom. The summed E-state index contributed by atoms with van der Waals surface area (Å²) in [4.78, 5) is 18.8. The van der Waals surface area contributed by atoms with Crippen LogP contribution >= 0.6 is 0 Å². The highest BCUT2D eigenvalue weighted by Crippen LogP contribution is 2.43. The molecular formula is C22H26N2O3. The van der Waals surface area contributed by atoms with Crippen molar-refractivity contribution in [2.45, 2.75) is 36.9 Å². The van der Waals surface area contributed by atoms with Gasteiger partial charge < -0.3 is 14.4 Å². The molecule has 2 saturated heterocycles. The number of hydrogen-bond donors (Lipinski definition) is 0. The van der Waals surface area contributed by atoms with Crippen molar-refractivity contribution in [1.29, 1.82) is 0 Å². The minimum absolute atomic E-state index is 0.0754. The third-order valence-corrected chi connectivity index (χ3v) is 5.85. The highest BCUT2D eigenvalue weighted by atomic mass is 16.6. The molecule has 3 atom stereocenters. The fourth-order valence-corrected chi connectivity index (χ4v) is 4.37. The summed E-state index contributed by atoms with van der Waals surface area (Å²) in [5, 5.41) is 0. The first-order chi connectivity index (χ1) is 13.2. The van der Waals surface area contributed by atoms with Gasteiger partial charge in [0, 0.05) is 38.4 Å². The van der Waals surface area contributed by atoms with Crippen LogP contribution in [0.3, 0.4) is 0 Å². The van der Waals surface area contributed by atoms with Crippen molar-refractivity contribution in [2.24, 2.45) is 0 Å². The summed E-state index contributed by atoms with van der Waals surface area (Å²) >= 11 is 0. The van der Waals surface area contributed by atoms with Crippen LogP contribution in [0.5, 0.6) is 0 Å². The van der Waals surface area contributed by atoms with Crippen molar-refractivity contribution in [3.8, 4) is 0 Å². The number of carbonyl (C=O) groups is 1. The number of hydrogen-bond acceptors (Lipinski definition) is 4. The van der Waals surface area contributed by atoms with E-state index >= 15 is 0 Å². The summed E-state index contributed by atoms with van der Waals surface area (Å²) < 4.78 is 12.0. The SMILES string of the molecule is CO[C@@H]1CN(C(=O)CCc2cccnc2)C[C@]12C[C@@H](c1ccccc1)CO2. The predicted octanol–water partition coefficient (Wildman–Crippen LogP) is 2.81. The second-order valence-corrected chi connectivity index (χ2v) is 7.55. The van der Waals surface area contributed by atoms with Gasteiger partial charge in [-0.15, -0.1) is 0 Å². The van der Waals surface area contributed by atoms with Gasteiger partial charge in [0.2, 0.25) is 5.91 Å². The van der Waals surface area contributed by atoms with Gasteiger partial charge in [-0.05, 0) is 30.0 Å². The minimum atomic E-state index is -0.390. The van der Waals surface area contributed by atoms with Crippen molar-refractivity contribution >= 4 is 5.91 Å². The van der Waals surface area contributed by atoms with Gasteiger partial charge in [0.1, 0.15) is 11.7 Å². The van der Waals surface area contributed by atoms with E-state index in [-0.39, 0.29) is 17.6 Å². The van der Waals surface area contributed by atoms with E-state index in [0.717, 1.165) is 12.0 Å². The lowest BCUT2D eigenvalue weighted by atomic mass is 9.87. The van der Waals surface area contributed by atoms with Gasteiger partial charge in [-0.3, -0.25) is 9.78 Å². The molecule has 0 bridgehead atoms. The van der Waals surface area contributed by atoms with E-state index in [1.54, 1.807) is 13.3 Å². The number of rotatable bonds is 5. The van der Waals surface area contributed by atoms with Crippen LogP contribution in [-0.4, -0.2) is 54.3 Å². The van der Waals surface area contributed by atoms with Gasteiger partial charge in [-0.2, -0.15) is 0 Å². The van der Waals surface area contributed by atoms with Crippen LogP contribution in [0, 0.1) is 0 Å². The molecule has 1 aromatic carbocycles. The topological polar surface area (TPSA) is 51.7 Å². The number of aromatic nitrogens is 1. The number of likely N-dealkylation sites (tertiary alicyclic amines) is 1. The van der Waals surface area contributed by atoms with Crippen LogP contribution in [0.2, 0.25) is 0 Å². The maximum Gasteiger partial charge on any atom is 0.223 e. The Kier molecular flexibility index (Phi) is 5.23. The molecule has 2 aromatic rings. The van der Waals surface area contributed by atoms with E-state index in [4.69, 9.17) is 9.47 Å². The van der Waals surface area contributed by atoms with Crippen LogP contribution < -0.4 is 0 Å². The smallest absolute Gasteiger partial charge is 0.223 e. The molecule has 0 saturated carbocycles. The Morgan fingerprint density at radius 2 is 2.15 bits per heavy atom. The molecule has 5 heteroatoms. The molecule has 142 valence electrons. The normalized spacial score (nSPS) is 27.4. The highest BCUT2D eigenvalue weighted by Gasteiger charge is 2.53. The van der Waals surface area contributed by atoms with Gasteiger partial charge in [-0.1, -0.05) is 36.4 Å². The summed E-state index contributed by atoms with van der Waals surface area (Å²) in [6, 6.07) is 14.4. The second-order valence-electron chi connectivity index (χ2n) is 7.55. The Hall–Kier alpha value is -2.24. The fraction of sp³-hybridized carbons (Fsp3) is 0.455. The van der Waals surface area contributed by atoms with E-state index in [9.17, 15) is 4.79 Å². The summed E-state index contributed by atoms with van der Waals surface area (Å²) in [7, 11) is 1.72. The van der Waals surface area contributed by atoms with Crippen LogP contribution in [0.25, 0.3) is 0 Å². The number of nitrogens with zero attached hydrogens (tertiary/aromatic N) is 2. The van der Waals surface area contributed by atoms with E-state index in [0.29, 0.717) is 38.5 Å². The van der Waals surface area contributed by atoms with Crippen molar-refractivity contribution in [3.63, 3.8) is 0 Å². The van der Waals surface area contributed by atoms with Crippen molar-refractivity contribution in [2.75, 3.05) is 26.8 Å². The van der Waals surface area contributed by atoms with Gasteiger partial charge in [0.05, 0.1) is 13.2 Å². The van der Waals surface area contributed by atoms with Crippen LogP contribution in [0.1, 0.15) is 29.9 Å². The first-order valence-corrected chi connectivity index (χ1v) is 9.58. The zero-order chi connectivity index (χ0) is 18.7. The number of pyridine rings is 1. The maximum atomic E-state index is 12.8. The molecule has 0 aliphatic carbocycles. The van der Waals surface area contributed by atoms with Crippen molar-refractivity contribution in [3.05, 3.63) is 66.0 Å². The molecule has 4 rings (SSSR count). The predicted molar refractivity (Wildman–Crippen MR) is 102 cm³/mol. The number of benzene rings is 1. The summed E-state index contributed by atoms with van der Waals surface area (Å²) in [6.45, 7) is 1.90. The molecule has 0 unspecified atom stereocenters. The zero-order valence-corrected chi connectivity index (χ0v) is 15.7. The molecule has 0 N–H and O–H groups in total. The lowest BCUT2D eigenvalue weighted by molar-refractivity contribution is -0.131. The quantitative estimate of drug-likeness (QED) is 0.817. The molecule has 1 spiro atoms. The van der Waals surface area contributed by atoms with Gasteiger partial charge in [0.15, 0.2) is 0 Å². The molecule has 3 heterocycles. The standard InChI is InChI=1S/C22H26N2O3/c1-26-20-14-24(21(25)10-9-17-6-5-11-23-13-17)16-22(20)12-19(15-27-22)18-7-3-2-4-8-18/h2-8,11,13,19-20H,9-10,12,14-16H2,1H3/t19-,20-,22-/m1/s1. The molecule has 0 radical (unpaired) electrons. The number of amides is 1. The van der Waals surface area contributed by atoms with E-state index in [1.807, 2.05) is 29.3 Å². The monoisotopic (exact) mass is 366 g/mol. The van der Waals surface area contributed by atoms with Crippen molar-refractivity contribution < 1.29 is 14.3 Å². The van der Waals surface area contributed by atoms with Gasteiger partial charge >= 0.3 is 0 Å². The Morgan fingerprint density at radius 1 is 1.30 bits per heavy atom. The molecule has 2 aliphatic rings. The Bertz CT molecular complexity index is 768. The minimum Gasteiger partial charge on any atom is -0.377 e. The molecular weight excluding hydrogens is 340 g/mol. The third-order valence-electron chi connectivity index (χ3n) is 5.85. The molecule has 1 aromatic heterocycles. The molecule has 5 nitrogen and oxygen atoms in total. The molecule has 1 amide bonds. The number of aryl methyl sites for hydroxylation is 1. The average Bonchev–Trinajstić information content (AvgIpc) is 3.32. The summed E-state index contributed by atoms with van der Waals surface area (Å²) in [5.41, 5.74) is 1.99. The van der Waals surface area contributed by atoms with Crippen molar-refractivity contribution in [1.82, 2.24) is 9.88 Å². The number of methoxy groups -OCH3 is 1. The first-order valence-electron chi connectivity index (χ1n) is 9.58. The van der Waals surface area contributed by atoms with Crippen LogP contribution in [0.15, 0.2) is 54.9 Å². The fourth-order valence-electron chi connectivity index (χ4n) is 4.37. The Balaban J connectivity index is 1.41. The zero-order valence-electron chi connectivity index (χ0n) is 15.7. The maximum absolute atomic E-state index is 12.8. The van der Waals surface area contributed by atoms with E-state index in [2.05, 4.69) is 29.2 Å². The first kappa shape index (κ1) is 18.1. The largest absolute Gasteiger partial charge is 0.377 e.